The summed E-state index contributed by atoms with van der Waals surface area (Å²) in [5.74, 6) is -0.393. The summed E-state index contributed by atoms with van der Waals surface area (Å²) in [6.07, 6.45) is 4.52. The molecular formula is C20H17FN2O3S. The Kier molecular flexibility index (Phi) is 4.19. The Morgan fingerprint density at radius 3 is 2.41 bits per heavy atom. The first-order valence-corrected chi connectivity index (χ1v) is 10.4. The molecule has 0 amide bonds. The van der Waals surface area contributed by atoms with Crippen LogP contribution >= 0.6 is 0 Å². The fourth-order valence-electron chi connectivity index (χ4n) is 3.05. The second kappa shape index (κ2) is 6.42. The predicted molar refractivity (Wildman–Crippen MR) is 101 cm³/mol. The molecule has 0 bridgehead atoms. The molecule has 0 saturated heterocycles. The van der Waals surface area contributed by atoms with Gasteiger partial charge in [0.2, 0.25) is 0 Å². The molecule has 0 radical (unpaired) electrons. The summed E-state index contributed by atoms with van der Waals surface area (Å²) in [6, 6.07) is 12.2. The summed E-state index contributed by atoms with van der Waals surface area (Å²) in [4.78, 5) is 13.3. The fourth-order valence-corrected chi connectivity index (χ4v) is 3.72. The van der Waals surface area contributed by atoms with Crippen molar-refractivity contribution in [2.45, 2.75) is 23.8 Å². The first kappa shape index (κ1) is 17.6. The first-order valence-electron chi connectivity index (χ1n) is 8.53. The largest absolute Gasteiger partial charge is 0.275 e. The molecule has 1 saturated carbocycles. The Morgan fingerprint density at radius 1 is 1.07 bits per heavy atom. The Bertz CT molecular complexity index is 1180. The molecule has 5 nitrogen and oxygen atoms in total. The van der Waals surface area contributed by atoms with E-state index in [1.54, 1.807) is 30.5 Å². The third-order valence-electron chi connectivity index (χ3n) is 4.60. The van der Waals surface area contributed by atoms with Crippen molar-refractivity contribution in [2.75, 3.05) is 6.26 Å². The van der Waals surface area contributed by atoms with Gasteiger partial charge in [0, 0.05) is 11.8 Å². The maximum atomic E-state index is 13.4. The molecule has 138 valence electrons. The van der Waals surface area contributed by atoms with Crippen LogP contribution < -0.4 is 5.56 Å². The number of nitrogens with zero attached hydrogens (tertiary/aromatic N) is 2. The van der Waals surface area contributed by atoms with E-state index in [0.717, 1.165) is 19.1 Å². The average molecular weight is 384 g/mol. The Balaban J connectivity index is 1.97. The molecule has 3 aromatic rings. The van der Waals surface area contributed by atoms with Crippen molar-refractivity contribution in [3.63, 3.8) is 0 Å². The minimum absolute atomic E-state index is 0.0908. The maximum absolute atomic E-state index is 13.4. The molecule has 0 unspecified atom stereocenters. The molecule has 27 heavy (non-hydrogen) atoms. The summed E-state index contributed by atoms with van der Waals surface area (Å²) in [5.41, 5.74) is 1.80. The van der Waals surface area contributed by atoms with Crippen molar-refractivity contribution in [1.82, 2.24) is 9.78 Å². The Labute approximate surface area is 156 Å². The van der Waals surface area contributed by atoms with Crippen LogP contribution in [0.1, 0.15) is 18.9 Å². The molecule has 0 aliphatic heterocycles. The number of hydrogen-bond donors (Lipinski definition) is 0. The van der Waals surface area contributed by atoms with Gasteiger partial charge in [-0.2, -0.15) is 5.10 Å². The van der Waals surface area contributed by atoms with E-state index in [2.05, 4.69) is 5.10 Å². The van der Waals surface area contributed by atoms with Gasteiger partial charge < -0.3 is 0 Å². The zero-order chi connectivity index (χ0) is 19.2. The van der Waals surface area contributed by atoms with Gasteiger partial charge in [-0.25, -0.2) is 17.5 Å². The molecular weight excluding hydrogens is 367 g/mol. The lowest BCUT2D eigenvalue weighted by atomic mass is 9.97. The standard InChI is InChI=1S/C20H17FN2O3S/c1-27(25,26)17-4-2-3-14(11-17)18-12-22-23(16-9-10-16)20(24)19(18)13-5-7-15(21)8-6-13/h2-8,11-12,16H,9-10H2,1H3. The van der Waals surface area contributed by atoms with Gasteiger partial charge in [0.05, 0.1) is 22.7 Å². The van der Waals surface area contributed by atoms with Crippen LogP contribution in [-0.4, -0.2) is 24.5 Å². The maximum Gasteiger partial charge on any atom is 0.275 e. The topological polar surface area (TPSA) is 69.0 Å². The van der Waals surface area contributed by atoms with Crippen LogP contribution in [0.3, 0.4) is 0 Å². The number of benzene rings is 2. The predicted octanol–water partition coefficient (Wildman–Crippen LogP) is 3.45. The molecule has 0 N–H and O–H groups in total. The Hall–Kier alpha value is -2.80. The van der Waals surface area contributed by atoms with Crippen molar-refractivity contribution >= 4 is 9.84 Å². The summed E-state index contributed by atoms with van der Waals surface area (Å²) in [6.45, 7) is 0. The van der Waals surface area contributed by atoms with Crippen molar-refractivity contribution in [3.8, 4) is 22.3 Å². The van der Waals surface area contributed by atoms with E-state index in [0.29, 0.717) is 22.3 Å². The average Bonchev–Trinajstić information content (AvgIpc) is 3.47. The van der Waals surface area contributed by atoms with Crippen molar-refractivity contribution in [2.24, 2.45) is 0 Å². The molecule has 1 fully saturated rings. The molecule has 1 aliphatic rings. The van der Waals surface area contributed by atoms with Crippen LogP contribution in [0.25, 0.3) is 22.3 Å². The van der Waals surface area contributed by atoms with Gasteiger partial charge in [0.25, 0.3) is 5.56 Å². The molecule has 0 atom stereocenters. The van der Waals surface area contributed by atoms with Crippen molar-refractivity contribution in [3.05, 3.63) is 70.9 Å². The lowest BCUT2D eigenvalue weighted by Gasteiger charge is -2.13. The van der Waals surface area contributed by atoms with E-state index < -0.39 is 15.7 Å². The fraction of sp³-hybridized carbons (Fsp3) is 0.200. The zero-order valence-electron chi connectivity index (χ0n) is 14.6. The SMILES string of the molecule is CS(=O)(=O)c1cccc(-c2cnn(C3CC3)c(=O)c2-c2ccc(F)cc2)c1. The lowest BCUT2D eigenvalue weighted by molar-refractivity contribution is 0.600. The van der Waals surface area contributed by atoms with Gasteiger partial charge >= 0.3 is 0 Å². The molecule has 2 aromatic carbocycles. The zero-order valence-corrected chi connectivity index (χ0v) is 15.4. The van der Waals surface area contributed by atoms with Crippen LogP contribution in [0.5, 0.6) is 0 Å². The van der Waals surface area contributed by atoms with Gasteiger partial charge in [-0.1, -0.05) is 24.3 Å². The van der Waals surface area contributed by atoms with Crippen LogP contribution in [0.15, 0.2) is 64.4 Å². The molecule has 7 heteroatoms. The smallest absolute Gasteiger partial charge is 0.267 e. The van der Waals surface area contributed by atoms with Gasteiger partial charge in [-0.05, 0) is 48.2 Å². The van der Waals surface area contributed by atoms with Crippen LogP contribution in [0.2, 0.25) is 0 Å². The summed E-state index contributed by atoms with van der Waals surface area (Å²) in [5, 5.41) is 4.29. The highest BCUT2D eigenvalue weighted by atomic mass is 32.2. The highest BCUT2D eigenvalue weighted by molar-refractivity contribution is 7.90. The first-order chi connectivity index (χ1) is 12.8. The monoisotopic (exact) mass is 384 g/mol. The molecule has 1 aromatic heterocycles. The minimum Gasteiger partial charge on any atom is -0.267 e. The molecule has 1 heterocycles. The molecule has 1 aliphatic carbocycles. The second-order valence-corrected chi connectivity index (χ2v) is 8.74. The van der Waals surface area contributed by atoms with E-state index >= 15 is 0 Å². The van der Waals surface area contributed by atoms with E-state index in [4.69, 9.17) is 0 Å². The van der Waals surface area contributed by atoms with Gasteiger partial charge in [-0.3, -0.25) is 4.79 Å². The second-order valence-electron chi connectivity index (χ2n) is 6.72. The van der Waals surface area contributed by atoms with E-state index in [-0.39, 0.29) is 16.5 Å². The summed E-state index contributed by atoms with van der Waals surface area (Å²) >= 11 is 0. The minimum atomic E-state index is -3.39. The summed E-state index contributed by atoms with van der Waals surface area (Å²) in [7, 11) is -3.39. The Morgan fingerprint density at radius 2 is 1.78 bits per heavy atom. The van der Waals surface area contributed by atoms with E-state index in [9.17, 15) is 17.6 Å². The van der Waals surface area contributed by atoms with E-state index in [1.165, 1.54) is 28.9 Å². The van der Waals surface area contributed by atoms with Crippen LogP contribution in [0.4, 0.5) is 4.39 Å². The summed E-state index contributed by atoms with van der Waals surface area (Å²) < 4.78 is 38.6. The van der Waals surface area contributed by atoms with Crippen molar-refractivity contribution in [1.29, 1.82) is 0 Å². The lowest BCUT2D eigenvalue weighted by Crippen LogP contribution is -2.24. The number of aromatic nitrogens is 2. The highest BCUT2D eigenvalue weighted by Crippen LogP contribution is 2.35. The number of hydrogen-bond acceptors (Lipinski definition) is 4. The number of rotatable bonds is 4. The van der Waals surface area contributed by atoms with Gasteiger partial charge in [0.1, 0.15) is 5.82 Å². The highest BCUT2D eigenvalue weighted by Gasteiger charge is 2.28. The van der Waals surface area contributed by atoms with Gasteiger partial charge in [0.15, 0.2) is 9.84 Å². The quantitative estimate of drug-likeness (QED) is 0.691. The number of halogens is 1. The number of sulfone groups is 1. The molecule has 4 rings (SSSR count). The van der Waals surface area contributed by atoms with Gasteiger partial charge in [-0.15, -0.1) is 0 Å². The van der Waals surface area contributed by atoms with Crippen LogP contribution in [0, 0.1) is 5.82 Å². The van der Waals surface area contributed by atoms with E-state index in [1.807, 2.05) is 0 Å². The third kappa shape index (κ3) is 3.42. The normalized spacial score (nSPS) is 14.3. The molecule has 0 spiro atoms. The van der Waals surface area contributed by atoms with Crippen LogP contribution in [-0.2, 0) is 9.84 Å². The third-order valence-corrected chi connectivity index (χ3v) is 5.71. The van der Waals surface area contributed by atoms with Crippen molar-refractivity contribution < 1.29 is 12.8 Å².